The summed E-state index contributed by atoms with van der Waals surface area (Å²) in [5.74, 6) is 0. The van der Waals surface area contributed by atoms with Crippen molar-refractivity contribution < 1.29 is 9.84 Å². The molecule has 0 fully saturated rings. The van der Waals surface area contributed by atoms with Crippen LogP contribution in [0.2, 0.25) is 0 Å². The third-order valence-corrected chi connectivity index (χ3v) is 1.26. The number of aromatic nitrogens is 2. The van der Waals surface area contributed by atoms with Crippen LogP contribution in [0.5, 0.6) is 0 Å². The molecule has 0 saturated carbocycles. The first-order valence-electron chi connectivity index (χ1n) is 3.38. The van der Waals surface area contributed by atoms with Gasteiger partial charge in [-0.3, -0.25) is 4.68 Å². The molecule has 1 rings (SSSR count). The van der Waals surface area contributed by atoms with Crippen LogP contribution in [0.25, 0.3) is 0 Å². The van der Waals surface area contributed by atoms with Crippen molar-refractivity contribution >= 4 is 0 Å². The molecule has 1 aromatic heterocycles. The molecule has 61 valence electrons. The Kier molecular flexibility index (Phi) is 3.07. The van der Waals surface area contributed by atoms with E-state index in [2.05, 4.69) is 11.2 Å². The molecule has 1 aromatic rings. The Morgan fingerprint density at radius 3 is 3.18 bits per heavy atom. The summed E-state index contributed by atoms with van der Waals surface area (Å²) in [6.45, 7) is 0.789. The molecule has 11 heavy (non-hydrogen) atoms. The Morgan fingerprint density at radius 1 is 1.82 bits per heavy atom. The van der Waals surface area contributed by atoms with Crippen LogP contribution >= 0.6 is 0 Å². The zero-order valence-corrected chi connectivity index (χ0v) is 6.40. The highest BCUT2D eigenvalue weighted by atomic mass is 16.5. The largest absolute Gasteiger partial charge is 0.389 e. The fourth-order valence-corrected chi connectivity index (χ4v) is 0.821. The smallest absolute Gasteiger partial charge is 0.0968 e. The van der Waals surface area contributed by atoms with Crippen molar-refractivity contribution in [3.8, 4) is 0 Å². The topological polar surface area (TPSA) is 47.3 Å². The van der Waals surface area contributed by atoms with E-state index in [1.807, 2.05) is 0 Å². The van der Waals surface area contributed by atoms with Crippen molar-refractivity contribution in [2.45, 2.75) is 12.6 Å². The van der Waals surface area contributed by atoms with Gasteiger partial charge in [0.2, 0.25) is 0 Å². The van der Waals surface area contributed by atoms with Gasteiger partial charge in [-0.2, -0.15) is 5.10 Å². The Morgan fingerprint density at radius 2 is 2.64 bits per heavy atom. The first-order valence-corrected chi connectivity index (χ1v) is 3.38. The number of nitrogens with zero attached hydrogens (tertiary/aromatic N) is 2. The van der Waals surface area contributed by atoms with E-state index in [0.717, 1.165) is 0 Å². The van der Waals surface area contributed by atoms with Crippen LogP contribution in [0.4, 0.5) is 0 Å². The Labute approximate surface area is 65.4 Å². The monoisotopic (exact) mass is 155 g/mol. The van der Waals surface area contributed by atoms with Gasteiger partial charge in [0.15, 0.2) is 0 Å². The van der Waals surface area contributed by atoms with E-state index in [9.17, 15) is 5.11 Å². The highest BCUT2D eigenvalue weighted by molar-refractivity contribution is 4.75. The molecule has 1 heterocycles. The van der Waals surface area contributed by atoms with Gasteiger partial charge in [0, 0.05) is 19.4 Å². The molecule has 4 heteroatoms. The van der Waals surface area contributed by atoms with Gasteiger partial charge in [-0.1, -0.05) is 0 Å². The molecule has 0 aliphatic rings. The highest BCUT2D eigenvalue weighted by Crippen LogP contribution is 1.90. The molecular formula is C7H11N2O2. The first kappa shape index (κ1) is 8.23. The summed E-state index contributed by atoms with van der Waals surface area (Å²) in [5, 5.41) is 13.1. The summed E-state index contributed by atoms with van der Waals surface area (Å²) in [7, 11) is 1.55. The number of hydrogen-bond acceptors (Lipinski definition) is 3. The SMILES string of the molecule is COCC(O)Cn1c[c]cn1. The lowest BCUT2D eigenvalue weighted by molar-refractivity contribution is 0.0514. The van der Waals surface area contributed by atoms with E-state index in [4.69, 9.17) is 4.74 Å². The lowest BCUT2D eigenvalue weighted by Crippen LogP contribution is -2.21. The zero-order valence-electron chi connectivity index (χ0n) is 6.40. The van der Waals surface area contributed by atoms with Crippen molar-refractivity contribution in [1.29, 1.82) is 0 Å². The van der Waals surface area contributed by atoms with Crippen molar-refractivity contribution in [3.63, 3.8) is 0 Å². The molecule has 4 nitrogen and oxygen atoms in total. The first-order chi connectivity index (χ1) is 5.33. The predicted molar refractivity (Wildman–Crippen MR) is 38.9 cm³/mol. The molecule has 1 N–H and O–H groups in total. The summed E-state index contributed by atoms with van der Waals surface area (Å²) in [5.41, 5.74) is 0. The molecular weight excluding hydrogens is 144 g/mol. The quantitative estimate of drug-likeness (QED) is 0.648. The number of methoxy groups -OCH3 is 1. The summed E-state index contributed by atoms with van der Waals surface area (Å²) in [6, 6.07) is 2.78. The molecule has 0 spiro atoms. The molecule has 0 saturated heterocycles. The normalized spacial score (nSPS) is 13.3. The number of ether oxygens (including phenoxy) is 1. The van der Waals surface area contributed by atoms with Crippen LogP contribution in [0.1, 0.15) is 0 Å². The average Bonchev–Trinajstić information content (AvgIpc) is 2.40. The van der Waals surface area contributed by atoms with E-state index in [-0.39, 0.29) is 0 Å². The van der Waals surface area contributed by atoms with Gasteiger partial charge in [-0.15, -0.1) is 0 Å². The average molecular weight is 155 g/mol. The number of rotatable bonds is 4. The van der Waals surface area contributed by atoms with Crippen LogP contribution in [0.3, 0.4) is 0 Å². The van der Waals surface area contributed by atoms with E-state index in [1.54, 1.807) is 24.2 Å². The zero-order chi connectivity index (χ0) is 8.10. The minimum absolute atomic E-state index is 0.333. The van der Waals surface area contributed by atoms with Crippen molar-refractivity contribution in [2.24, 2.45) is 0 Å². The van der Waals surface area contributed by atoms with Gasteiger partial charge in [0.25, 0.3) is 0 Å². The Bertz CT molecular complexity index is 186. The second-order valence-electron chi connectivity index (χ2n) is 2.27. The maximum absolute atomic E-state index is 9.22. The van der Waals surface area contributed by atoms with Gasteiger partial charge in [-0.25, -0.2) is 0 Å². The second-order valence-corrected chi connectivity index (χ2v) is 2.27. The van der Waals surface area contributed by atoms with Crippen LogP contribution in [-0.2, 0) is 11.3 Å². The lowest BCUT2D eigenvalue weighted by Gasteiger charge is -2.08. The predicted octanol–water partition coefficient (Wildman–Crippen LogP) is -0.309. The van der Waals surface area contributed by atoms with E-state index >= 15 is 0 Å². The summed E-state index contributed by atoms with van der Waals surface area (Å²) >= 11 is 0. The summed E-state index contributed by atoms with van der Waals surface area (Å²) in [4.78, 5) is 0. The van der Waals surface area contributed by atoms with E-state index < -0.39 is 6.10 Å². The third-order valence-electron chi connectivity index (χ3n) is 1.26. The van der Waals surface area contributed by atoms with E-state index in [0.29, 0.717) is 13.2 Å². The summed E-state index contributed by atoms with van der Waals surface area (Å²) in [6.07, 6.45) is 2.74. The molecule has 0 aliphatic carbocycles. The van der Waals surface area contributed by atoms with Crippen molar-refractivity contribution in [1.82, 2.24) is 9.78 Å². The van der Waals surface area contributed by atoms with Gasteiger partial charge in [0.1, 0.15) is 0 Å². The molecule has 0 aliphatic heterocycles. The van der Waals surface area contributed by atoms with Gasteiger partial charge >= 0.3 is 0 Å². The van der Waals surface area contributed by atoms with Gasteiger partial charge < -0.3 is 9.84 Å². The Balaban J connectivity index is 2.31. The van der Waals surface area contributed by atoms with Gasteiger partial charge in [-0.05, 0) is 0 Å². The molecule has 1 radical (unpaired) electrons. The van der Waals surface area contributed by atoms with Gasteiger partial charge in [0.05, 0.1) is 25.5 Å². The van der Waals surface area contributed by atoms with Crippen molar-refractivity contribution in [3.05, 3.63) is 18.5 Å². The minimum atomic E-state index is -0.492. The summed E-state index contributed by atoms with van der Waals surface area (Å²) < 4.78 is 6.37. The van der Waals surface area contributed by atoms with Crippen LogP contribution < -0.4 is 0 Å². The van der Waals surface area contributed by atoms with Crippen LogP contribution in [0, 0.1) is 6.07 Å². The molecule has 0 aromatic carbocycles. The Hall–Kier alpha value is -0.870. The second kappa shape index (κ2) is 4.10. The fraction of sp³-hybridized carbons (Fsp3) is 0.571. The minimum Gasteiger partial charge on any atom is -0.389 e. The maximum Gasteiger partial charge on any atom is 0.0968 e. The molecule has 1 unspecified atom stereocenters. The number of hydrogen-bond donors (Lipinski definition) is 1. The fourth-order valence-electron chi connectivity index (χ4n) is 0.821. The van der Waals surface area contributed by atoms with Crippen molar-refractivity contribution in [2.75, 3.05) is 13.7 Å². The van der Waals surface area contributed by atoms with Crippen LogP contribution in [-0.4, -0.2) is 34.7 Å². The third kappa shape index (κ3) is 2.69. The lowest BCUT2D eigenvalue weighted by atomic mass is 10.4. The molecule has 1 atom stereocenters. The highest BCUT2D eigenvalue weighted by Gasteiger charge is 2.03. The molecule has 0 amide bonds. The number of aliphatic hydroxyl groups is 1. The number of aliphatic hydroxyl groups excluding tert-OH is 1. The standard InChI is InChI=1S/C7H11N2O2/c1-11-6-7(10)5-9-4-2-3-8-9/h3-4,7,10H,5-6H2,1H3. The maximum atomic E-state index is 9.22. The van der Waals surface area contributed by atoms with Crippen LogP contribution in [0.15, 0.2) is 12.4 Å². The van der Waals surface area contributed by atoms with E-state index in [1.165, 1.54) is 0 Å². The molecule has 0 bridgehead atoms.